The highest BCUT2D eigenvalue weighted by molar-refractivity contribution is 7.09. The summed E-state index contributed by atoms with van der Waals surface area (Å²) in [7, 11) is 2.97. The molecule has 2 aromatic carbocycles. The number of nitrogens with one attached hydrogen (secondary N) is 1. The van der Waals surface area contributed by atoms with E-state index in [-0.39, 0.29) is 35.1 Å². The summed E-state index contributed by atoms with van der Waals surface area (Å²) in [4.78, 5) is 39.7. The van der Waals surface area contributed by atoms with Crippen LogP contribution in [0.3, 0.4) is 0 Å². The Morgan fingerprint density at radius 1 is 1.14 bits per heavy atom. The minimum absolute atomic E-state index is 0.149. The second-order valence-electron chi connectivity index (χ2n) is 7.22. The molecule has 0 aliphatic rings. The smallest absolute Gasteiger partial charge is 0.273 e. The topological polar surface area (TPSA) is 150 Å². The molecule has 3 amide bonds. The highest BCUT2D eigenvalue weighted by Gasteiger charge is 2.37. The first-order valence-corrected chi connectivity index (χ1v) is 11.1. The van der Waals surface area contributed by atoms with Gasteiger partial charge in [0.1, 0.15) is 22.5 Å². The highest BCUT2D eigenvalue weighted by Crippen LogP contribution is 2.34. The van der Waals surface area contributed by atoms with E-state index in [1.807, 2.05) is 0 Å². The van der Waals surface area contributed by atoms with Crippen LogP contribution in [0.4, 0.5) is 15.8 Å². The van der Waals surface area contributed by atoms with Crippen LogP contribution in [0.5, 0.6) is 5.75 Å². The van der Waals surface area contributed by atoms with Crippen molar-refractivity contribution in [2.75, 3.05) is 38.0 Å². The lowest BCUT2D eigenvalue weighted by molar-refractivity contribution is -0.122. The Balaban J connectivity index is 2.19. The zero-order chi connectivity index (χ0) is 25.5. The van der Waals surface area contributed by atoms with Crippen LogP contribution in [-0.2, 0) is 9.53 Å². The Morgan fingerprint density at radius 3 is 2.40 bits per heavy atom. The standard InChI is InChI=1S/C23H24FN5O5S/c1-33-12-11-27-22(31)19(13-7-9-14(34-2)10-8-13)29(16-6-4-3-5-15(16)24)23(32)20-17(25)18(21(26)30)28-35-20/h3-10,19H,11-12,25H2,1-2H3,(H2,26,30)(H,27,31). The van der Waals surface area contributed by atoms with E-state index in [1.165, 1.54) is 32.4 Å². The molecule has 1 aromatic heterocycles. The number of hydrogen-bond acceptors (Lipinski definition) is 8. The van der Waals surface area contributed by atoms with Crippen LogP contribution in [0.25, 0.3) is 0 Å². The zero-order valence-electron chi connectivity index (χ0n) is 19.0. The summed E-state index contributed by atoms with van der Waals surface area (Å²) in [6.07, 6.45) is 0. The van der Waals surface area contributed by atoms with E-state index in [0.29, 0.717) is 22.8 Å². The fraction of sp³-hybridized carbons (Fsp3) is 0.217. The van der Waals surface area contributed by atoms with E-state index in [1.54, 1.807) is 24.3 Å². The zero-order valence-corrected chi connectivity index (χ0v) is 19.8. The van der Waals surface area contributed by atoms with Crippen LogP contribution < -0.4 is 26.4 Å². The van der Waals surface area contributed by atoms with Gasteiger partial charge in [0.05, 0.1) is 25.1 Å². The van der Waals surface area contributed by atoms with Gasteiger partial charge >= 0.3 is 0 Å². The van der Waals surface area contributed by atoms with Crippen molar-refractivity contribution in [1.29, 1.82) is 0 Å². The third-order valence-corrected chi connectivity index (χ3v) is 5.88. The lowest BCUT2D eigenvalue weighted by Crippen LogP contribution is -2.45. The van der Waals surface area contributed by atoms with Crippen LogP contribution in [0.15, 0.2) is 48.5 Å². The molecule has 12 heteroatoms. The van der Waals surface area contributed by atoms with Gasteiger partial charge in [-0.05, 0) is 41.4 Å². The summed E-state index contributed by atoms with van der Waals surface area (Å²) < 4.78 is 29.1. The van der Waals surface area contributed by atoms with Gasteiger partial charge in [-0.1, -0.05) is 24.3 Å². The largest absolute Gasteiger partial charge is 0.497 e. The summed E-state index contributed by atoms with van der Waals surface area (Å²) in [5.74, 6) is -2.57. The Hall–Kier alpha value is -4.03. The van der Waals surface area contributed by atoms with E-state index < -0.39 is 29.6 Å². The number of methoxy groups -OCH3 is 2. The maximum Gasteiger partial charge on any atom is 0.273 e. The van der Waals surface area contributed by atoms with Crippen molar-refractivity contribution >= 4 is 40.6 Å². The SMILES string of the molecule is COCCNC(=O)C(c1ccc(OC)cc1)N(C(=O)c1snc(C(N)=O)c1N)c1ccccc1F. The Labute approximate surface area is 204 Å². The maximum absolute atomic E-state index is 15.0. The highest BCUT2D eigenvalue weighted by atomic mass is 32.1. The van der Waals surface area contributed by atoms with Crippen molar-refractivity contribution in [2.24, 2.45) is 5.73 Å². The molecule has 3 aromatic rings. The van der Waals surface area contributed by atoms with Gasteiger partial charge in [-0.2, -0.15) is 4.37 Å². The van der Waals surface area contributed by atoms with Crippen molar-refractivity contribution in [3.63, 3.8) is 0 Å². The third kappa shape index (κ3) is 5.55. The summed E-state index contributed by atoms with van der Waals surface area (Å²) in [6.45, 7) is 0.369. The second-order valence-corrected chi connectivity index (χ2v) is 8.00. The number of primary amides is 1. The number of amides is 3. The third-order valence-electron chi connectivity index (χ3n) is 5.03. The number of nitrogens with zero attached hydrogens (tertiary/aromatic N) is 2. The molecule has 0 aliphatic heterocycles. The molecule has 0 bridgehead atoms. The minimum atomic E-state index is -1.32. The van der Waals surface area contributed by atoms with Gasteiger partial charge < -0.3 is 26.3 Å². The van der Waals surface area contributed by atoms with Crippen LogP contribution in [-0.4, -0.2) is 49.5 Å². The van der Waals surface area contributed by atoms with E-state index in [9.17, 15) is 14.4 Å². The van der Waals surface area contributed by atoms with Crippen LogP contribution >= 0.6 is 11.5 Å². The monoisotopic (exact) mass is 501 g/mol. The molecule has 1 heterocycles. The molecular weight excluding hydrogens is 477 g/mol. The number of carbonyl (C=O) groups excluding carboxylic acids is 3. The molecule has 10 nitrogen and oxygen atoms in total. The van der Waals surface area contributed by atoms with Gasteiger partial charge in [0, 0.05) is 13.7 Å². The number of rotatable bonds is 10. The first-order chi connectivity index (χ1) is 16.8. The van der Waals surface area contributed by atoms with Crippen LogP contribution in [0.1, 0.15) is 31.8 Å². The predicted octanol–water partition coefficient (Wildman–Crippen LogP) is 2.12. The molecular formula is C23H24FN5O5S. The van der Waals surface area contributed by atoms with E-state index >= 15 is 4.39 Å². The number of para-hydroxylation sites is 1. The number of benzene rings is 2. The Kier molecular flexibility index (Phi) is 8.34. The summed E-state index contributed by atoms with van der Waals surface area (Å²) >= 11 is 0.632. The molecule has 0 radical (unpaired) electrons. The fourth-order valence-electron chi connectivity index (χ4n) is 3.33. The number of hydrogen-bond donors (Lipinski definition) is 3. The van der Waals surface area contributed by atoms with Crippen molar-refractivity contribution < 1.29 is 28.2 Å². The van der Waals surface area contributed by atoms with Crippen molar-refractivity contribution in [3.05, 3.63) is 70.5 Å². The fourth-order valence-corrected chi connectivity index (χ4v) is 4.07. The van der Waals surface area contributed by atoms with Gasteiger partial charge in [-0.15, -0.1) is 0 Å². The average Bonchev–Trinajstić information content (AvgIpc) is 3.24. The second kappa shape index (κ2) is 11.4. The summed E-state index contributed by atoms with van der Waals surface area (Å²) in [6, 6.07) is 10.6. The molecule has 1 unspecified atom stereocenters. The average molecular weight is 502 g/mol. The van der Waals surface area contributed by atoms with Gasteiger partial charge in [-0.3, -0.25) is 19.3 Å². The van der Waals surface area contributed by atoms with E-state index in [2.05, 4.69) is 9.69 Å². The number of halogens is 1. The lowest BCUT2D eigenvalue weighted by Gasteiger charge is -2.31. The van der Waals surface area contributed by atoms with Gasteiger partial charge in [0.25, 0.3) is 11.8 Å². The van der Waals surface area contributed by atoms with Gasteiger partial charge in [-0.25, -0.2) is 4.39 Å². The molecule has 0 spiro atoms. The molecule has 0 saturated heterocycles. The number of anilines is 2. The van der Waals surface area contributed by atoms with Crippen LogP contribution in [0, 0.1) is 5.82 Å². The van der Waals surface area contributed by atoms with Gasteiger partial charge in [0.2, 0.25) is 5.91 Å². The number of nitrogen functional groups attached to an aromatic ring is 1. The number of ether oxygens (including phenoxy) is 2. The van der Waals surface area contributed by atoms with Crippen molar-refractivity contribution in [3.8, 4) is 5.75 Å². The number of aromatic nitrogens is 1. The molecule has 0 aliphatic carbocycles. The predicted molar refractivity (Wildman–Crippen MR) is 129 cm³/mol. The molecule has 184 valence electrons. The number of nitrogens with two attached hydrogens (primary N) is 2. The lowest BCUT2D eigenvalue weighted by atomic mass is 10.0. The Morgan fingerprint density at radius 2 is 1.83 bits per heavy atom. The quantitative estimate of drug-likeness (QED) is 0.360. The molecule has 35 heavy (non-hydrogen) atoms. The normalized spacial score (nSPS) is 11.5. The maximum atomic E-state index is 15.0. The van der Waals surface area contributed by atoms with Gasteiger partial charge in [0.15, 0.2) is 5.69 Å². The molecule has 0 saturated carbocycles. The molecule has 1 atom stereocenters. The van der Waals surface area contributed by atoms with Crippen LogP contribution in [0.2, 0.25) is 0 Å². The van der Waals surface area contributed by atoms with E-state index in [0.717, 1.165) is 11.0 Å². The molecule has 5 N–H and O–H groups in total. The first kappa shape index (κ1) is 25.6. The summed E-state index contributed by atoms with van der Waals surface area (Å²) in [5.41, 5.74) is 10.9. The summed E-state index contributed by atoms with van der Waals surface area (Å²) in [5, 5.41) is 2.70. The Bertz CT molecular complexity index is 1220. The first-order valence-electron chi connectivity index (χ1n) is 10.3. The van der Waals surface area contributed by atoms with E-state index in [4.69, 9.17) is 20.9 Å². The van der Waals surface area contributed by atoms with Crippen molar-refractivity contribution in [2.45, 2.75) is 6.04 Å². The number of carbonyl (C=O) groups is 3. The molecule has 0 fully saturated rings. The van der Waals surface area contributed by atoms with Crippen molar-refractivity contribution in [1.82, 2.24) is 9.69 Å². The minimum Gasteiger partial charge on any atom is -0.497 e. The molecule has 3 rings (SSSR count).